The average molecular weight is 526 g/mol. The van der Waals surface area contributed by atoms with E-state index >= 15 is 0 Å². The Balaban J connectivity index is 1.03. The number of fused-ring (bicyclic) bond motifs is 3. The van der Waals surface area contributed by atoms with Gasteiger partial charge in [-0.3, -0.25) is 0 Å². The number of rotatable bonds is 5. The molecule has 6 aliphatic rings. The summed E-state index contributed by atoms with van der Waals surface area (Å²) in [6.45, 7) is 7.55. The zero-order valence-corrected chi connectivity index (χ0v) is 22.7. The molecule has 0 radical (unpaired) electrons. The normalized spacial score (nSPS) is 35.6. The van der Waals surface area contributed by atoms with Crippen molar-refractivity contribution in [2.75, 3.05) is 6.61 Å². The topological polar surface area (TPSA) is 82.0 Å². The number of nitrogens with one attached hydrogen (secondary N) is 2. The van der Waals surface area contributed by atoms with Gasteiger partial charge in [-0.1, -0.05) is 50.2 Å². The Bertz CT molecular complexity index is 1470. The van der Waals surface area contributed by atoms with Crippen molar-refractivity contribution in [2.24, 2.45) is 17.3 Å². The number of carbonyl (C=O) groups is 1. The maximum absolute atomic E-state index is 13.5. The smallest absolute Gasteiger partial charge is 0.482 e. The maximum Gasteiger partial charge on any atom is 0.482 e. The molecule has 7 nitrogen and oxygen atoms in total. The van der Waals surface area contributed by atoms with E-state index in [1.54, 1.807) is 6.26 Å². The maximum atomic E-state index is 13.5. The molecule has 1 spiro atoms. The van der Waals surface area contributed by atoms with Gasteiger partial charge in [-0.25, -0.2) is 4.79 Å². The minimum atomic E-state index is -0.529. The van der Waals surface area contributed by atoms with Gasteiger partial charge in [0.05, 0.1) is 29.3 Å². The van der Waals surface area contributed by atoms with Crippen molar-refractivity contribution in [3.63, 3.8) is 0 Å². The highest BCUT2D eigenvalue weighted by Gasteiger charge is 2.68. The Hall–Kier alpha value is -2.97. The highest BCUT2D eigenvalue weighted by atomic mass is 16.7. The lowest BCUT2D eigenvalue weighted by Crippen LogP contribution is -2.65. The molecule has 7 atom stereocenters. The molecule has 1 aromatic heterocycles. The molecule has 4 aliphatic carbocycles. The van der Waals surface area contributed by atoms with E-state index in [-0.39, 0.29) is 40.5 Å². The van der Waals surface area contributed by atoms with Crippen LogP contribution in [0.3, 0.4) is 0 Å². The molecule has 4 saturated carbocycles. The summed E-state index contributed by atoms with van der Waals surface area (Å²) in [6, 6.07) is 16.0. The molecule has 2 unspecified atom stereocenters. The second-order valence-electron chi connectivity index (χ2n) is 13.2. The van der Waals surface area contributed by atoms with E-state index in [1.165, 1.54) is 12.0 Å². The molecule has 1 saturated heterocycles. The van der Waals surface area contributed by atoms with Crippen molar-refractivity contribution in [3.8, 4) is 5.75 Å². The fourth-order valence-electron chi connectivity index (χ4n) is 8.32. The number of benzene rings is 2. The van der Waals surface area contributed by atoms with Crippen LogP contribution in [0.1, 0.15) is 51.2 Å². The van der Waals surface area contributed by atoms with E-state index < -0.39 is 7.12 Å². The van der Waals surface area contributed by atoms with E-state index in [0.717, 1.165) is 35.1 Å². The zero-order valence-electron chi connectivity index (χ0n) is 22.7. The Morgan fingerprint density at radius 1 is 1.10 bits per heavy atom. The first kappa shape index (κ1) is 23.9. The SMILES string of the molecule is CC1(C)[C@@H]2C[C@H]3OB([C@H](Cc4coc5ccccc45)NC(=O)NC4CC45COc4ccccc45)O[C@@]3(C)[C@H]1C2. The lowest BCUT2D eigenvalue weighted by atomic mass is 9.43. The predicted molar refractivity (Wildman–Crippen MR) is 148 cm³/mol. The largest absolute Gasteiger partial charge is 0.492 e. The lowest BCUT2D eigenvalue weighted by molar-refractivity contribution is -0.199. The molecule has 8 heteroatoms. The van der Waals surface area contributed by atoms with Gasteiger partial charge in [-0.2, -0.15) is 0 Å². The Kier molecular flexibility index (Phi) is 4.93. The summed E-state index contributed by atoms with van der Waals surface area (Å²) in [7, 11) is -0.529. The summed E-state index contributed by atoms with van der Waals surface area (Å²) in [4.78, 5) is 13.5. The van der Waals surface area contributed by atoms with E-state index in [1.807, 2.05) is 36.4 Å². The summed E-state index contributed by atoms with van der Waals surface area (Å²) in [5.41, 5.74) is 2.85. The van der Waals surface area contributed by atoms with Crippen LogP contribution in [0, 0.1) is 17.3 Å². The quantitative estimate of drug-likeness (QED) is 0.457. The monoisotopic (exact) mass is 526 g/mol. The van der Waals surface area contributed by atoms with Crippen LogP contribution in [0.2, 0.25) is 0 Å². The van der Waals surface area contributed by atoms with E-state index in [0.29, 0.717) is 24.9 Å². The first-order chi connectivity index (χ1) is 18.8. The Morgan fingerprint density at radius 2 is 1.92 bits per heavy atom. The molecule has 2 aromatic carbocycles. The molecule has 2 N–H and O–H groups in total. The summed E-state index contributed by atoms with van der Waals surface area (Å²) < 4.78 is 25.2. The predicted octanol–water partition coefficient (Wildman–Crippen LogP) is 5.01. The Labute approximate surface area is 229 Å². The molecular weight excluding hydrogens is 491 g/mol. The molecule has 2 bridgehead atoms. The zero-order chi connectivity index (χ0) is 26.6. The van der Waals surface area contributed by atoms with Crippen LogP contribution in [-0.2, 0) is 21.1 Å². The fraction of sp³-hybridized carbons (Fsp3) is 0.516. The van der Waals surface area contributed by atoms with E-state index in [2.05, 4.69) is 43.5 Å². The Morgan fingerprint density at radius 3 is 2.79 bits per heavy atom. The van der Waals surface area contributed by atoms with Gasteiger partial charge in [-0.15, -0.1) is 0 Å². The third-order valence-corrected chi connectivity index (χ3v) is 10.9. The van der Waals surface area contributed by atoms with Crippen LogP contribution in [0.15, 0.2) is 59.2 Å². The molecule has 2 amide bonds. The van der Waals surface area contributed by atoms with Gasteiger partial charge in [-0.05, 0) is 67.6 Å². The minimum absolute atomic E-state index is 0.0371. The van der Waals surface area contributed by atoms with E-state index in [9.17, 15) is 4.79 Å². The number of amides is 2. The van der Waals surface area contributed by atoms with Crippen molar-refractivity contribution in [1.29, 1.82) is 0 Å². The number of urea groups is 1. The molecule has 3 heterocycles. The molecular formula is C31H35BN2O5. The third kappa shape index (κ3) is 3.40. The first-order valence-corrected chi connectivity index (χ1v) is 14.4. The minimum Gasteiger partial charge on any atom is -0.492 e. The van der Waals surface area contributed by atoms with Crippen molar-refractivity contribution in [2.45, 2.75) is 75.6 Å². The van der Waals surface area contributed by atoms with Gasteiger partial charge in [0, 0.05) is 17.0 Å². The standard InChI is InChI=1S/C31H35BN2O5/c1-29(2)19-13-24(29)30(3)26(14-19)38-32(39-30)27(12-18-16-36-22-10-6-4-8-20(18)22)34-28(35)33-25-15-31(25)17-37-23-11-7-5-9-21(23)31/h4-11,16,19,24-27H,12-15,17H2,1-3H3,(H2,33,34,35)/t19-,24-,25?,26+,27-,30-,31?/m0/s1. The van der Waals surface area contributed by atoms with Crippen LogP contribution < -0.4 is 15.4 Å². The number of carbonyl (C=O) groups excluding carboxylic acids is 1. The third-order valence-electron chi connectivity index (χ3n) is 10.9. The van der Waals surface area contributed by atoms with Gasteiger partial charge in [0.1, 0.15) is 17.9 Å². The highest BCUT2D eigenvalue weighted by Crippen LogP contribution is 2.65. The van der Waals surface area contributed by atoms with Gasteiger partial charge in [0.15, 0.2) is 0 Å². The molecule has 202 valence electrons. The van der Waals surface area contributed by atoms with Gasteiger partial charge in [0.25, 0.3) is 0 Å². The van der Waals surface area contributed by atoms with Crippen molar-refractivity contribution < 1.29 is 23.3 Å². The van der Waals surface area contributed by atoms with E-state index in [4.69, 9.17) is 18.5 Å². The molecule has 3 aromatic rings. The molecule has 2 aliphatic heterocycles. The molecule has 39 heavy (non-hydrogen) atoms. The van der Waals surface area contributed by atoms with Crippen LogP contribution in [0.25, 0.3) is 11.0 Å². The summed E-state index contributed by atoms with van der Waals surface area (Å²) in [5, 5.41) is 7.54. The van der Waals surface area contributed by atoms with Crippen molar-refractivity contribution >= 4 is 24.1 Å². The van der Waals surface area contributed by atoms with Crippen molar-refractivity contribution in [3.05, 3.63) is 65.9 Å². The number of ether oxygens (including phenoxy) is 1. The molecule has 9 rings (SSSR count). The van der Waals surface area contributed by atoms with Gasteiger partial charge >= 0.3 is 13.1 Å². The van der Waals surface area contributed by atoms with Crippen LogP contribution in [0.5, 0.6) is 5.75 Å². The second kappa shape index (κ2) is 8.04. The highest BCUT2D eigenvalue weighted by molar-refractivity contribution is 6.48. The van der Waals surface area contributed by atoms with Crippen LogP contribution >= 0.6 is 0 Å². The first-order valence-electron chi connectivity index (χ1n) is 14.4. The average Bonchev–Trinajstić information content (AvgIpc) is 3.21. The number of para-hydroxylation sites is 2. The number of hydrogen-bond donors (Lipinski definition) is 2. The number of hydrogen-bond acceptors (Lipinski definition) is 5. The van der Waals surface area contributed by atoms with Gasteiger partial charge in [0.2, 0.25) is 0 Å². The summed E-state index contributed by atoms with van der Waals surface area (Å²) in [6.07, 6.45) is 5.47. The fourth-order valence-corrected chi connectivity index (χ4v) is 8.32. The summed E-state index contributed by atoms with van der Waals surface area (Å²) in [5.74, 6) is 1.68. The lowest BCUT2D eigenvalue weighted by Gasteiger charge is -2.64. The van der Waals surface area contributed by atoms with Crippen molar-refractivity contribution in [1.82, 2.24) is 10.6 Å². The van der Waals surface area contributed by atoms with Crippen LogP contribution in [-0.4, -0.2) is 43.4 Å². The second-order valence-corrected chi connectivity index (χ2v) is 13.2. The molecule has 5 fully saturated rings. The number of furan rings is 1. The van der Waals surface area contributed by atoms with Crippen LogP contribution in [0.4, 0.5) is 4.79 Å². The summed E-state index contributed by atoms with van der Waals surface area (Å²) >= 11 is 0. The van der Waals surface area contributed by atoms with Gasteiger partial charge < -0.3 is 29.1 Å².